The lowest BCUT2D eigenvalue weighted by Crippen LogP contribution is -2.27. The number of nitrogens with one attached hydrogen (secondary N) is 1. The molecule has 0 aliphatic heterocycles. The number of ether oxygens (including phenoxy) is 2. The van der Waals surface area contributed by atoms with Crippen LogP contribution in [-0.2, 0) is 15.9 Å². The standard InChI is InChI=1S/C23H28N4O4/c1-7-16-12-19(21(28)30-8-2)25-20-13-18(26-27(16)20)17-10-9-15(11-14(17)3)24-22(29)31-23(4,5)6/h9-13H,7-8H2,1-6H3,(H,24,29). The van der Waals surface area contributed by atoms with E-state index in [0.29, 0.717) is 24.4 Å². The molecule has 0 aliphatic carbocycles. The Balaban J connectivity index is 1.92. The zero-order valence-corrected chi connectivity index (χ0v) is 18.8. The first-order chi connectivity index (χ1) is 14.6. The van der Waals surface area contributed by atoms with Gasteiger partial charge in [0.25, 0.3) is 0 Å². The van der Waals surface area contributed by atoms with E-state index >= 15 is 0 Å². The molecule has 0 radical (unpaired) electrons. The molecule has 0 bridgehead atoms. The normalized spacial score (nSPS) is 11.4. The average Bonchev–Trinajstić information content (AvgIpc) is 3.09. The molecule has 8 heteroatoms. The van der Waals surface area contributed by atoms with Crippen molar-refractivity contribution < 1.29 is 19.1 Å². The second kappa shape index (κ2) is 8.75. The second-order valence-electron chi connectivity index (χ2n) is 8.16. The summed E-state index contributed by atoms with van der Waals surface area (Å²) in [6.07, 6.45) is 0.181. The molecule has 8 nitrogen and oxygen atoms in total. The molecule has 0 unspecified atom stereocenters. The van der Waals surface area contributed by atoms with Gasteiger partial charge in [-0.2, -0.15) is 5.10 Å². The molecular formula is C23H28N4O4. The molecule has 3 rings (SSSR count). The van der Waals surface area contributed by atoms with Crippen LogP contribution in [0.25, 0.3) is 16.9 Å². The lowest BCUT2D eigenvalue weighted by Gasteiger charge is -2.19. The predicted octanol–water partition coefficient (Wildman–Crippen LogP) is 4.79. The lowest BCUT2D eigenvalue weighted by atomic mass is 10.1. The number of rotatable bonds is 5. The van der Waals surface area contributed by atoms with Gasteiger partial charge in [0.1, 0.15) is 5.60 Å². The molecule has 1 N–H and O–H groups in total. The first kappa shape index (κ1) is 22.3. The second-order valence-corrected chi connectivity index (χ2v) is 8.16. The molecule has 31 heavy (non-hydrogen) atoms. The third kappa shape index (κ3) is 5.20. The van der Waals surface area contributed by atoms with Crippen LogP contribution in [0.1, 0.15) is 56.4 Å². The number of carbonyl (C=O) groups is 2. The number of aryl methyl sites for hydroxylation is 2. The Kier molecular flexibility index (Phi) is 6.29. The van der Waals surface area contributed by atoms with Gasteiger partial charge in [-0.15, -0.1) is 0 Å². The van der Waals surface area contributed by atoms with E-state index in [9.17, 15) is 9.59 Å². The van der Waals surface area contributed by atoms with Crippen LogP contribution < -0.4 is 5.32 Å². The molecule has 0 atom stereocenters. The molecule has 1 aromatic carbocycles. The van der Waals surface area contributed by atoms with Crippen molar-refractivity contribution in [2.45, 2.75) is 53.6 Å². The van der Waals surface area contributed by atoms with Crippen molar-refractivity contribution in [3.05, 3.63) is 47.3 Å². The Morgan fingerprint density at radius 3 is 2.48 bits per heavy atom. The number of benzene rings is 1. The van der Waals surface area contributed by atoms with Crippen LogP contribution >= 0.6 is 0 Å². The lowest BCUT2D eigenvalue weighted by molar-refractivity contribution is 0.0518. The highest BCUT2D eigenvalue weighted by Crippen LogP contribution is 2.27. The largest absolute Gasteiger partial charge is 0.461 e. The van der Waals surface area contributed by atoms with Gasteiger partial charge in [0.15, 0.2) is 11.3 Å². The van der Waals surface area contributed by atoms with Gasteiger partial charge in [-0.1, -0.05) is 13.0 Å². The summed E-state index contributed by atoms with van der Waals surface area (Å²) < 4.78 is 12.1. The van der Waals surface area contributed by atoms with E-state index < -0.39 is 17.7 Å². The Labute approximate surface area is 181 Å². The SMILES string of the molecule is CCOC(=O)c1cc(CC)n2nc(-c3ccc(NC(=O)OC(C)(C)C)cc3C)cc2n1. The van der Waals surface area contributed by atoms with Crippen molar-refractivity contribution in [3.63, 3.8) is 0 Å². The first-order valence-corrected chi connectivity index (χ1v) is 10.3. The number of esters is 1. The average molecular weight is 425 g/mol. The number of fused-ring (bicyclic) bond motifs is 1. The highest BCUT2D eigenvalue weighted by atomic mass is 16.6. The third-order valence-electron chi connectivity index (χ3n) is 4.50. The first-order valence-electron chi connectivity index (χ1n) is 10.3. The topological polar surface area (TPSA) is 94.8 Å². The smallest absolute Gasteiger partial charge is 0.412 e. The monoisotopic (exact) mass is 424 g/mol. The number of carbonyl (C=O) groups excluding carboxylic acids is 2. The number of nitrogens with zero attached hydrogens (tertiary/aromatic N) is 3. The van der Waals surface area contributed by atoms with E-state index in [0.717, 1.165) is 22.5 Å². The zero-order valence-electron chi connectivity index (χ0n) is 18.8. The van der Waals surface area contributed by atoms with Crippen LogP contribution in [-0.4, -0.2) is 38.9 Å². The van der Waals surface area contributed by atoms with Crippen LogP contribution in [0, 0.1) is 6.92 Å². The van der Waals surface area contributed by atoms with Gasteiger partial charge >= 0.3 is 12.1 Å². The summed E-state index contributed by atoms with van der Waals surface area (Å²) in [5, 5.41) is 7.43. The van der Waals surface area contributed by atoms with Crippen molar-refractivity contribution >= 4 is 23.4 Å². The van der Waals surface area contributed by atoms with E-state index in [1.807, 2.05) is 52.8 Å². The van der Waals surface area contributed by atoms with Gasteiger partial charge in [-0.05, 0) is 64.8 Å². The van der Waals surface area contributed by atoms with E-state index in [2.05, 4.69) is 10.3 Å². The van der Waals surface area contributed by atoms with Crippen molar-refractivity contribution in [1.82, 2.24) is 14.6 Å². The molecule has 0 saturated heterocycles. The van der Waals surface area contributed by atoms with Crippen LogP contribution in [0.4, 0.5) is 10.5 Å². The van der Waals surface area contributed by atoms with Gasteiger partial charge in [0.2, 0.25) is 0 Å². The number of amides is 1. The van der Waals surface area contributed by atoms with Crippen LogP contribution in [0.3, 0.4) is 0 Å². The number of hydrogen-bond donors (Lipinski definition) is 1. The van der Waals surface area contributed by atoms with E-state index in [1.165, 1.54) is 0 Å². The zero-order chi connectivity index (χ0) is 22.8. The molecule has 1 amide bonds. The summed E-state index contributed by atoms with van der Waals surface area (Å²) in [6.45, 7) is 11.4. The fourth-order valence-corrected chi connectivity index (χ4v) is 3.18. The highest BCUT2D eigenvalue weighted by Gasteiger charge is 2.18. The predicted molar refractivity (Wildman–Crippen MR) is 118 cm³/mol. The molecule has 2 heterocycles. The van der Waals surface area contributed by atoms with Crippen molar-refractivity contribution in [3.8, 4) is 11.3 Å². The van der Waals surface area contributed by atoms with Crippen molar-refractivity contribution in [2.75, 3.05) is 11.9 Å². The maximum Gasteiger partial charge on any atom is 0.412 e. The summed E-state index contributed by atoms with van der Waals surface area (Å²) in [4.78, 5) is 28.6. The third-order valence-corrected chi connectivity index (χ3v) is 4.50. The Bertz CT molecular complexity index is 1130. The number of hydrogen-bond acceptors (Lipinski definition) is 6. The van der Waals surface area contributed by atoms with Crippen LogP contribution in [0.15, 0.2) is 30.3 Å². The minimum atomic E-state index is -0.567. The molecule has 2 aromatic heterocycles. The van der Waals surface area contributed by atoms with Crippen molar-refractivity contribution in [2.24, 2.45) is 0 Å². The minimum absolute atomic E-state index is 0.270. The van der Waals surface area contributed by atoms with Crippen LogP contribution in [0.2, 0.25) is 0 Å². The minimum Gasteiger partial charge on any atom is -0.461 e. The molecule has 3 aromatic rings. The van der Waals surface area contributed by atoms with E-state index in [4.69, 9.17) is 14.6 Å². The highest BCUT2D eigenvalue weighted by molar-refractivity contribution is 5.88. The molecule has 0 aliphatic rings. The number of aromatic nitrogens is 3. The molecule has 164 valence electrons. The summed E-state index contributed by atoms with van der Waals surface area (Å²) >= 11 is 0. The maximum atomic E-state index is 12.1. The van der Waals surface area contributed by atoms with Gasteiger partial charge in [-0.25, -0.2) is 19.1 Å². The number of anilines is 1. The van der Waals surface area contributed by atoms with Gasteiger partial charge < -0.3 is 9.47 Å². The van der Waals surface area contributed by atoms with E-state index in [1.54, 1.807) is 23.6 Å². The molecular weight excluding hydrogens is 396 g/mol. The maximum absolute atomic E-state index is 12.1. The summed E-state index contributed by atoms with van der Waals surface area (Å²) in [5.41, 5.74) is 4.34. The Hall–Kier alpha value is -3.42. The molecule has 0 saturated carbocycles. The summed E-state index contributed by atoms with van der Waals surface area (Å²) in [5.74, 6) is -0.448. The molecule has 0 spiro atoms. The van der Waals surface area contributed by atoms with Gasteiger partial charge in [0, 0.05) is 23.0 Å². The van der Waals surface area contributed by atoms with Gasteiger partial charge in [0.05, 0.1) is 12.3 Å². The Morgan fingerprint density at radius 2 is 1.87 bits per heavy atom. The summed E-state index contributed by atoms with van der Waals surface area (Å²) in [6, 6.07) is 9.10. The fraction of sp³-hybridized carbons (Fsp3) is 0.391. The fourth-order valence-electron chi connectivity index (χ4n) is 3.18. The van der Waals surface area contributed by atoms with Crippen LogP contribution in [0.5, 0.6) is 0 Å². The summed E-state index contributed by atoms with van der Waals surface area (Å²) in [7, 11) is 0. The molecule has 0 fully saturated rings. The quantitative estimate of drug-likeness (QED) is 0.592. The van der Waals surface area contributed by atoms with Crippen molar-refractivity contribution in [1.29, 1.82) is 0 Å². The van der Waals surface area contributed by atoms with E-state index in [-0.39, 0.29) is 5.69 Å². The van der Waals surface area contributed by atoms with Gasteiger partial charge in [-0.3, -0.25) is 5.32 Å². The Morgan fingerprint density at radius 1 is 1.13 bits per heavy atom.